The Morgan fingerprint density at radius 3 is 2.00 bits per heavy atom. The molecule has 0 radical (unpaired) electrons. The van der Waals surface area contributed by atoms with Crippen LogP contribution in [0.3, 0.4) is 0 Å². The number of aliphatic carboxylic acids is 1. The third-order valence-electron chi connectivity index (χ3n) is 2.84. The molecule has 2 heteroatoms. The van der Waals surface area contributed by atoms with Crippen molar-refractivity contribution in [1.82, 2.24) is 0 Å². The molecule has 0 aromatic carbocycles. The van der Waals surface area contributed by atoms with Gasteiger partial charge in [-0.2, -0.15) is 0 Å². The van der Waals surface area contributed by atoms with Gasteiger partial charge in [-0.3, -0.25) is 4.79 Å². The molecular formula is C17H28O2. The summed E-state index contributed by atoms with van der Waals surface area (Å²) in [6.45, 7) is 2.24. The van der Waals surface area contributed by atoms with Crippen LogP contribution in [0.4, 0.5) is 0 Å². The second-order valence-electron chi connectivity index (χ2n) is 4.73. The summed E-state index contributed by atoms with van der Waals surface area (Å²) in [7, 11) is 0. The lowest BCUT2D eigenvalue weighted by molar-refractivity contribution is -0.137. The lowest BCUT2D eigenvalue weighted by Gasteiger charge is -1.95. The Balaban J connectivity index is 3.36. The third-order valence-corrected chi connectivity index (χ3v) is 2.84. The van der Waals surface area contributed by atoms with Gasteiger partial charge in [0.25, 0.3) is 0 Å². The number of carboxylic acid groups (broad SMARTS) is 1. The minimum Gasteiger partial charge on any atom is -0.481 e. The van der Waals surface area contributed by atoms with Crippen LogP contribution in [0.2, 0.25) is 0 Å². The van der Waals surface area contributed by atoms with Crippen LogP contribution in [0.15, 0.2) is 36.5 Å². The van der Waals surface area contributed by atoms with Gasteiger partial charge >= 0.3 is 5.97 Å². The predicted molar refractivity (Wildman–Crippen MR) is 82.3 cm³/mol. The molecule has 0 heterocycles. The molecule has 19 heavy (non-hydrogen) atoms. The van der Waals surface area contributed by atoms with Gasteiger partial charge in [0.15, 0.2) is 0 Å². The van der Waals surface area contributed by atoms with Crippen molar-refractivity contribution < 1.29 is 9.90 Å². The van der Waals surface area contributed by atoms with Crippen molar-refractivity contribution in [2.24, 2.45) is 0 Å². The van der Waals surface area contributed by atoms with Gasteiger partial charge in [0, 0.05) is 6.42 Å². The molecule has 0 fully saturated rings. The van der Waals surface area contributed by atoms with Gasteiger partial charge in [0.2, 0.25) is 0 Å². The number of rotatable bonds is 12. The number of unbranched alkanes of at least 4 members (excludes halogenated alkanes) is 6. The van der Waals surface area contributed by atoms with Crippen molar-refractivity contribution in [2.75, 3.05) is 0 Å². The van der Waals surface area contributed by atoms with Gasteiger partial charge in [0.1, 0.15) is 0 Å². The first-order chi connectivity index (χ1) is 9.27. The van der Waals surface area contributed by atoms with Crippen LogP contribution in [0.5, 0.6) is 0 Å². The van der Waals surface area contributed by atoms with Crippen molar-refractivity contribution in [3.63, 3.8) is 0 Å². The average molecular weight is 264 g/mol. The molecular weight excluding hydrogens is 236 g/mol. The maximum absolute atomic E-state index is 10.3. The van der Waals surface area contributed by atoms with Crippen molar-refractivity contribution in [3.05, 3.63) is 36.5 Å². The van der Waals surface area contributed by atoms with Crippen LogP contribution >= 0.6 is 0 Å². The third kappa shape index (κ3) is 16.7. The molecule has 0 unspecified atom stereocenters. The van der Waals surface area contributed by atoms with Gasteiger partial charge in [-0.05, 0) is 25.7 Å². The van der Waals surface area contributed by atoms with E-state index in [1.165, 1.54) is 32.1 Å². The highest BCUT2D eigenvalue weighted by atomic mass is 16.4. The Hall–Kier alpha value is -1.31. The zero-order valence-electron chi connectivity index (χ0n) is 12.2. The largest absolute Gasteiger partial charge is 0.481 e. The molecule has 0 aromatic rings. The summed E-state index contributed by atoms with van der Waals surface area (Å²) in [6.07, 6.45) is 21.9. The minimum absolute atomic E-state index is 0.256. The van der Waals surface area contributed by atoms with Gasteiger partial charge in [-0.1, -0.05) is 69.1 Å². The average Bonchev–Trinajstić information content (AvgIpc) is 2.39. The smallest absolute Gasteiger partial charge is 0.303 e. The standard InChI is InChI=1S/C17H28O2/c1-2-3-4-5-6-7-8-9-10-11-12-13-14-15-16-17(18)19/h8-13H,2-7,14-16H2,1H3,(H,18,19)/b9-8+,11-10+,13-12+. The monoisotopic (exact) mass is 264 g/mol. The van der Waals surface area contributed by atoms with Crippen molar-refractivity contribution in [2.45, 2.75) is 64.7 Å². The minimum atomic E-state index is -0.717. The number of carboxylic acids is 1. The molecule has 1 N–H and O–H groups in total. The first-order valence-corrected chi connectivity index (χ1v) is 7.47. The highest BCUT2D eigenvalue weighted by Gasteiger charge is 1.92. The van der Waals surface area contributed by atoms with E-state index in [4.69, 9.17) is 5.11 Å². The molecule has 0 saturated carbocycles. The molecule has 0 rings (SSSR count). The SMILES string of the molecule is CCCCCCC/C=C/C=C/C=C/CCCC(=O)O. The Morgan fingerprint density at radius 1 is 0.842 bits per heavy atom. The second-order valence-corrected chi connectivity index (χ2v) is 4.73. The summed E-state index contributed by atoms with van der Waals surface area (Å²) in [6, 6.07) is 0. The summed E-state index contributed by atoms with van der Waals surface area (Å²) < 4.78 is 0. The van der Waals surface area contributed by atoms with Gasteiger partial charge < -0.3 is 5.11 Å². The van der Waals surface area contributed by atoms with Crippen LogP contribution in [-0.4, -0.2) is 11.1 Å². The number of hydrogen-bond acceptors (Lipinski definition) is 1. The van der Waals surface area contributed by atoms with E-state index >= 15 is 0 Å². The van der Waals surface area contributed by atoms with Crippen LogP contribution in [0.1, 0.15) is 64.7 Å². The lowest BCUT2D eigenvalue weighted by atomic mass is 10.1. The van der Waals surface area contributed by atoms with Crippen molar-refractivity contribution in [1.29, 1.82) is 0 Å². The van der Waals surface area contributed by atoms with Crippen molar-refractivity contribution in [3.8, 4) is 0 Å². The van der Waals surface area contributed by atoms with E-state index in [1.807, 2.05) is 24.3 Å². The zero-order valence-corrected chi connectivity index (χ0v) is 12.2. The van der Waals surface area contributed by atoms with E-state index in [-0.39, 0.29) is 6.42 Å². The van der Waals surface area contributed by atoms with E-state index in [2.05, 4.69) is 19.1 Å². The summed E-state index contributed by atoms with van der Waals surface area (Å²) in [5, 5.41) is 8.46. The fourth-order valence-electron chi connectivity index (χ4n) is 1.71. The number of allylic oxidation sites excluding steroid dienone is 6. The normalized spacial score (nSPS) is 12.1. The molecule has 0 aliphatic carbocycles. The molecule has 108 valence electrons. The molecule has 0 aromatic heterocycles. The maximum atomic E-state index is 10.3. The first-order valence-electron chi connectivity index (χ1n) is 7.47. The van der Waals surface area contributed by atoms with Crippen molar-refractivity contribution >= 4 is 5.97 Å². The Morgan fingerprint density at radius 2 is 1.42 bits per heavy atom. The van der Waals surface area contributed by atoms with E-state index in [0.29, 0.717) is 6.42 Å². The molecule has 0 spiro atoms. The number of carbonyl (C=O) groups is 1. The quantitative estimate of drug-likeness (QED) is 0.385. The molecule has 0 amide bonds. The molecule has 0 bridgehead atoms. The second kappa shape index (κ2) is 14.7. The Labute approximate surface area is 117 Å². The lowest BCUT2D eigenvalue weighted by Crippen LogP contribution is -1.92. The molecule has 2 nitrogen and oxygen atoms in total. The number of hydrogen-bond donors (Lipinski definition) is 1. The zero-order chi connectivity index (χ0) is 14.2. The molecule has 0 aliphatic rings. The van der Waals surface area contributed by atoms with Crippen LogP contribution in [0.25, 0.3) is 0 Å². The first kappa shape index (κ1) is 17.7. The fourth-order valence-corrected chi connectivity index (χ4v) is 1.71. The summed E-state index contributed by atoms with van der Waals surface area (Å²) in [5.41, 5.74) is 0. The van der Waals surface area contributed by atoms with E-state index in [0.717, 1.165) is 12.8 Å². The highest BCUT2D eigenvalue weighted by Crippen LogP contribution is 2.05. The molecule has 0 atom stereocenters. The van der Waals surface area contributed by atoms with Gasteiger partial charge in [-0.15, -0.1) is 0 Å². The maximum Gasteiger partial charge on any atom is 0.303 e. The van der Waals surface area contributed by atoms with Crippen LogP contribution < -0.4 is 0 Å². The molecule has 0 aliphatic heterocycles. The van der Waals surface area contributed by atoms with E-state index in [9.17, 15) is 4.79 Å². The fraction of sp³-hybridized carbons (Fsp3) is 0.588. The van der Waals surface area contributed by atoms with Gasteiger partial charge in [0.05, 0.1) is 0 Å². The topological polar surface area (TPSA) is 37.3 Å². The van der Waals surface area contributed by atoms with Crippen LogP contribution in [0, 0.1) is 0 Å². The van der Waals surface area contributed by atoms with Gasteiger partial charge in [-0.25, -0.2) is 0 Å². The Kier molecular flexibility index (Phi) is 13.7. The molecule has 0 saturated heterocycles. The van der Waals surface area contributed by atoms with E-state index < -0.39 is 5.97 Å². The predicted octanol–water partition coefficient (Wildman–Crippen LogP) is 5.27. The van der Waals surface area contributed by atoms with E-state index in [1.54, 1.807) is 0 Å². The summed E-state index contributed by atoms with van der Waals surface area (Å²) in [5.74, 6) is -0.717. The summed E-state index contributed by atoms with van der Waals surface area (Å²) >= 11 is 0. The Bertz CT molecular complexity index is 288. The summed E-state index contributed by atoms with van der Waals surface area (Å²) in [4.78, 5) is 10.3. The highest BCUT2D eigenvalue weighted by molar-refractivity contribution is 5.66. The van der Waals surface area contributed by atoms with Crippen LogP contribution in [-0.2, 0) is 4.79 Å².